The van der Waals surface area contributed by atoms with Crippen LogP contribution in [0.15, 0.2) is 0 Å². The zero-order valence-corrected chi connectivity index (χ0v) is 6.14. The second kappa shape index (κ2) is 2.90. The molecule has 1 aliphatic heterocycles. The van der Waals surface area contributed by atoms with E-state index in [1.165, 1.54) is 6.42 Å². The molecule has 10 heavy (non-hydrogen) atoms. The van der Waals surface area contributed by atoms with Gasteiger partial charge < -0.3 is 10.6 Å². The fourth-order valence-corrected chi connectivity index (χ4v) is 1.28. The molecule has 0 aromatic rings. The van der Waals surface area contributed by atoms with Crippen LogP contribution in [0, 0.1) is 18.3 Å². The van der Waals surface area contributed by atoms with Gasteiger partial charge in [-0.15, -0.1) is 0 Å². The van der Waals surface area contributed by atoms with Crippen molar-refractivity contribution in [3.8, 4) is 0 Å². The molecule has 1 rings (SSSR count). The van der Waals surface area contributed by atoms with Gasteiger partial charge in [0, 0.05) is 13.1 Å². The van der Waals surface area contributed by atoms with E-state index < -0.39 is 0 Å². The third-order valence-corrected chi connectivity index (χ3v) is 1.86. The highest BCUT2D eigenvalue weighted by atomic mass is 15.2. The first-order valence-electron chi connectivity index (χ1n) is 3.62. The van der Waals surface area contributed by atoms with Gasteiger partial charge in [0.1, 0.15) is 0 Å². The van der Waals surface area contributed by atoms with Gasteiger partial charge in [0.15, 0.2) is 5.96 Å². The third-order valence-electron chi connectivity index (χ3n) is 1.86. The van der Waals surface area contributed by atoms with Crippen LogP contribution in [0.4, 0.5) is 0 Å². The predicted molar refractivity (Wildman–Crippen MR) is 41.6 cm³/mol. The molecule has 0 spiro atoms. The van der Waals surface area contributed by atoms with E-state index in [0.29, 0.717) is 5.92 Å². The van der Waals surface area contributed by atoms with Crippen molar-refractivity contribution in [1.82, 2.24) is 4.90 Å². The maximum atomic E-state index is 7.15. The smallest absolute Gasteiger partial charge is 0.188 e. The quantitative estimate of drug-likeness (QED) is 0.378. The first-order valence-corrected chi connectivity index (χ1v) is 3.62. The van der Waals surface area contributed by atoms with Crippen molar-refractivity contribution in [3.05, 3.63) is 6.92 Å². The number of nitrogens with zero attached hydrogens (tertiary/aromatic N) is 1. The van der Waals surface area contributed by atoms with Crippen LogP contribution in [-0.2, 0) is 0 Å². The first-order chi connectivity index (χ1) is 4.70. The van der Waals surface area contributed by atoms with Gasteiger partial charge in [-0.3, -0.25) is 5.41 Å². The largest absolute Gasteiger partial charge is 0.370 e. The molecule has 1 heterocycles. The zero-order valence-electron chi connectivity index (χ0n) is 6.14. The van der Waals surface area contributed by atoms with Crippen molar-refractivity contribution >= 4 is 5.96 Å². The lowest BCUT2D eigenvalue weighted by atomic mass is 10.0. The number of nitrogens with one attached hydrogen (secondary N) is 1. The minimum atomic E-state index is 0.188. The van der Waals surface area contributed by atoms with Crippen LogP contribution in [-0.4, -0.2) is 23.9 Å². The van der Waals surface area contributed by atoms with Crippen molar-refractivity contribution in [1.29, 1.82) is 5.41 Å². The van der Waals surface area contributed by atoms with Gasteiger partial charge in [0.05, 0.1) is 0 Å². The number of hydrogen-bond donors (Lipinski definition) is 2. The molecule has 0 aromatic heterocycles. The number of likely N-dealkylation sites (tertiary alicyclic amines) is 1. The summed E-state index contributed by atoms with van der Waals surface area (Å²) in [7, 11) is 0. The summed E-state index contributed by atoms with van der Waals surface area (Å²) in [5, 5.41) is 7.15. The minimum Gasteiger partial charge on any atom is -0.370 e. The lowest BCUT2D eigenvalue weighted by molar-refractivity contribution is 0.287. The topological polar surface area (TPSA) is 53.1 Å². The molecule has 3 N–H and O–H groups in total. The molecule has 57 valence electrons. The van der Waals surface area contributed by atoms with Crippen LogP contribution in [0.1, 0.15) is 12.8 Å². The molecule has 0 saturated carbocycles. The van der Waals surface area contributed by atoms with E-state index in [-0.39, 0.29) is 5.96 Å². The Morgan fingerprint density at radius 3 is 2.80 bits per heavy atom. The van der Waals surface area contributed by atoms with Crippen molar-refractivity contribution in [2.45, 2.75) is 12.8 Å². The van der Waals surface area contributed by atoms with Gasteiger partial charge in [0.2, 0.25) is 0 Å². The van der Waals surface area contributed by atoms with Gasteiger partial charge in [-0.25, -0.2) is 0 Å². The molecule has 0 aromatic carbocycles. The summed E-state index contributed by atoms with van der Waals surface area (Å²) < 4.78 is 0. The Balaban J connectivity index is 2.39. The summed E-state index contributed by atoms with van der Waals surface area (Å²) in [6.45, 7) is 5.72. The molecule has 0 aliphatic carbocycles. The number of hydrogen-bond acceptors (Lipinski definition) is 1. The van der Waals surface area contributed by atoms with Gasteiger partial charge in [-0.2, -0.15) is 0 Å². The highest BCUT2D eigenvalue weighted by Crippen LogP contribution is 2.13. The SMILES string of the molecule is [CH2][C@H]1CCCN(C(=N)N)C1. The highest BCUT2D eigenvalue weighted by Gasteiger charge is 2.16. The third kappa shape index (κ3) is 1.62. The van der Waals surface area contributed by atoms with Gasteiger partial charge in [-0.1, -0.05) is 0 Å². The molecule has 3 heteroatoms. The number of guanidine groups is 1. The summed E-state index contributed by atoms with van der Waals surface area (Å²) in [4.78, 5) is 1.88. The standard InChI is InChI=1S/C7H14N3/c1-6-3-2-4-10(5-6)7(8)9/h6H,1-5H2,(H3,8,9)/t6-/m0/s1. The van der Waals surface area contributed by atoms with Gasteiger partial charge in [-0.05, 0) is 25.7 Å². The maximum absolute atomic E-state index is 7.15. The molecule has 0 amide bonds. The molecule has 1 aliphatic rings. The minimum absolute atomic E-state index is 0.188. The second-order valence-electron chi connectivity index (χ2n) is 2.84. The summed E-state index contributed by atoms with van der Waals surface area (Å²) in [6.07, 6.45) is 2.29. The summed E-state index contributed by atoms with van der Waals surface area (Å²) in [5.74, 6) is 0.644. The van der Waals surface area contributed by atoms with E-state index in [0.717, 1.165) is 19.5 Å². The number of piperidine rings is 1. The Morgan fingerprint density at radius 1 is 1.70 bits per heavy atom. The molecule has 0 unspecified atom stereocenters. The average molecular weight is 140 g/mol. The van der Waals surface area contributed by atoms with Crippen molar-refractivity contribution in [2.24, 2.45) is 11.7 Å². The Kier molecular flexibility index (Phi) is 2.14. The first kappa shape index (κ1) is 7.38. The fourth-order valence-electron chi connectivity index (χ4n) is 1.28. The van der Waals surface area contributed by atoms with Crippen molar-refractivity contribution < 1.29 is 0 Å². The van der Waals surface area contributed by atoms with E-state index >= 15 is 0 Å². The molecular weight excluding hydrogens is 126 g/mol. The van der Waals surface area contributed by atoms with E-state index in [9.17, 15) is 0 Å². The van der Waals surface area contributed by atoms with E-state index in [1.54, 1.807) is 0 Å². The monoisotopic (exact) mass is 140 g/mol. The molecule has 0 bridgehead atoms. The molecule has 1 fully saturated rings. The maximum Gasteiger partial charge on any atom is 0.188 e. The Labute approximate surface area is 61.7 Å². The fraction of sp³-hybridized carbons (Fsp3) is 0.714. The summed E-state index contributed by atoms with van der Waals surface area (Å²) in [5.41, 5.74) is 5.31. The van der Waals surface area contributed by atoms with E-state index in [2.05, 4.69) is 6.92 Å². The van der Waals surface area contributed by atoms with Gasteiger partial charge >= 0.3 is 0 Å². The van der Waals surface area contributed by atoms with Crippen LogP contribution in [0.25, 0.3) is 0 Å². The van der Waals surface area contributed by atoms with E-state index in [4.69, 9.17) is 11.1 Å². The average Bonchev–Trinajstić information content (AvgIpc) is 1.88. The Hall–Kier alpha value is -0.730. The Morgan fingerprint density at radius 2 is 2.40 bits per heavy atom. The lowest BCUT2D eigenvalue weighted by Crippen LogP contribution is -2.42. The number of rotatable bonds is 0. The van der Waals surface area contributed by atoms with Crippen LogP contribution in [0.5, 0.6) is 0 Å². The summed E-state index contributed by atoms with van der Waals surface area (Å²) >= 11 is 0. The Bertz CT molecular complexity index is 133. The molecule has 1 atom stereocenters. The van der Waals surface area contributed by atoms with Crippen molar-refractivity contribution in [3.63, 3.8) is 0 Å². The second-order valence-corrected chi connectivity index (χ2v) is 2.84. The number of nitrogens with two attached hydrogens (primary N) is 1. The molecule has 1 saturated heterocycles. The predicted octanol–water partition coefficient (Wildman–Crippen LogP) is 0.426. The van der Waals surface area contributed by atoms with Gasteiger partial charge in [0.25, 0.3) is 0 Å². The summed E-state index contributed by atoms with van der Waals surface area (Å²) in [6, 6.07) is 0. The molecule has 3 nitrogen and oxygen atoms in total. The zero-order chi connectivity index (χ0) is 7.56. The van der Waals surface area contributed by atoms with Crippen LogP contribution in [0.2, 0.25) is 0 Å². The van der Waals surface area contributed by atoms with Crippen LogP contribution >= 0.6 is 0 Å². The van der Waals surface area contributed by atoms with Crippen molar-refractivity contribution in [2.75, 3.05) is 13.1 Å². The highest BCUT2D eigenvalue weighted by molar-refractivity contribution is 5.74. The lowest BCUT2D eigenvalue weighted by Gasteiger charge is -2.30. The van der Waals surface area contributed by atoms with Crippen LogP contribution < -0.4 is 5.73 Å². The van der Waals surface area contributed by atoms with Crippen LogP contribution in [0.3, 0.4) is 0 Å². The normalized spacial score (nSPS) is 26.5. The van der Waals surface area contributed by atoms with E-state index in [1.807, 2.05) is 4.90 Å². The molecule has 1 radical (unpaired) electrons. The molecular formula is C7H14N3.